The van der Waals surface area contributed by atoms with E-state index in [0.717, 1.165) is 25.7 Å². The number of benzene rings is 1. The molecule has 1 aliphatic heterocycles. The summed E-state index contributed by atoms with van der Waals surface area (Å²) in [5, 5.41) is 15.4. The summed E-state index contributed by atoms with van der Waals surface area (Å²) in [6.07, 6.45) is 4.21. The summed E-state index contributed by atoms with van der Waals surface area (Å²) in [6, 6.07) is 0.777. The molecule has 0 spiro atoms. The minimum Gasteiger partial charge on any atom is -0.487 e. The number of carboxylic acid groups (broad SMARTS) is 1. The van der Waals surface area contributed by atoms with Gasteiger partial charge in [-0.15, -0.1) is 0 Å². The summed E-state index contributed by atoms with van der Waals surface area (Å²) in [5.74, 6) is -2.01. The van der Waals surface area contributed by atoms with Crippen LogP contribution in [0.15, 0.2) is 38.9 Å². The second kappa shape index (κ2) is 11.0. The predicted molar refractivity (Wildman–Crippen MR) is 131 cm³/mol. The van der Waals surface area contributed by atoms with Gasteiger partial charge in [0.15, 0.2) is 11.6 Å². The Bertz CT molecular complexity index is 1210. The van der Waals surface area contributed by atoms with Crippen molar-refractivity contribution in [3.8, 4) is 5.75 Å². The molecule has 0 unspecified atom stereocenters. The first-order chi connectivity index (χ1) is 16.3. The van der Waals surface area contributed by atoms with Crippen molar-refractivity contribution in [2.24, 2.45) is 9.98 Å². The molecule has 3 rings (SSSR count). The fourth-order valence-corrected chi connectivity index (χ4v) is 3.64. The van der Waals surface area contributed by atoms with E-state index in [4.69, 9.17) is 4.74 Å². The van der Waals surface area contributed by atoms with Crippen LogP contribution in [0.4, 0.5) is 10.1 Å². The van der Waals surface area contributed by atoms with Gasteiger partial charge in [0, 0.05) is 32.0 Å². The zero-order chi connectivity index (χ0) is 24.8. The van der Waals surface area contributed by atoms with Crippen molar-refractivity contribution in [3.63, 3.8) is 0 Å². The lowest BCUT2D eigenvalue weighted by molar-refractivity contribution is 0.0694. The van der Waals surface area contributed by atoms with Crippen molar-refractivity contribution in [2.75, 3.05) is 52.2 Å². The minimum absolute atomic E-state index is 0.00288. The molecule has 2 aromatic rings. The van der Waals surface area contributed by atoms with E-state index in [1.54, 1.807) is 4.57 Å². The number of carboxylic acids is 1. The number of aliphatic imine (C=N–C) groups is 2. The zero-order valence-corrected chi connectivity index (χ0v) is 19.5. The van der Waals surface area contributed by atoms with E-state index in [9.17, 15) is 14.7 Å². The number of carbonyl (C=O) groups is 1. The van der Waals surface area contributed by atoms with Gasteiger partial charge in [0.05, 0.1) is 35.4 Å². The van der Waals surface area contributed by atoms with Crippen molar-refractivity contribution in [1.29, 1.82) is 0 Å². The standard InChI is InChI=1S/C23H29FN6O4/c1-14-13-34-22-19(28-15(10-26-3)11-27-6-8-29(4)7-5-25-2)18(24)9-16-20(22)30(14)12-17(21(16)31)23(32)33/h9-12,14,25,28H,3,5-8,13H2,1-2,4H3,(H,32,33)/b15-10+,27-11?/t14-/m0/s1. The van der Waals surface area contributed by atoms with Gasteiger partial charge in [-0.25, -0.2) is 9.18 Å². The van der Waals surface area contributed by atoms with Gasteiger partial charge >= 0.3 is 5.97 Å². The highest BCUT2D eigenvalue weighted by atomic mass is 19.1. The number of hydrogen-bond acceptors (Lipinski definition) is 8. The maximum Gasteiger partial charge on any atom is 0.341 e. The molecule has 0 bridgehead atoms. The molecule has 2 heterocycles. The Hall–Kier alpha value is -3.57. The number of aromatic nitrogens is 1. The molecule has 1 atom stereocenters. The van der Waals surface area contributed by atoms with Crippen LogP contribution in [0.1, 0.15) is 23.3 Å². The molecule has 182 valence electrons. The molecule has 1 aliphatic rings. The molecule has 10 nitrogen and oxygen atoms in total. The number of likely N-dealkylation sites (N-methyl/N-ethyl adjacent to an activating group) is 2. The minimum atomic E-state index is -1.37. The highest BCUT2D eigenvalue weighted by Crippen LogP contribution is 2.40. The lowest BCUT2D eigenvalue weighted by Crippen LogP contribution is -2.29. The molecule has 0 radical (unpaired) electrons. The van der Waals surface area contributed by atoms with Crippen LogP contribution in [-0.2, 0) is 0 Å². The maximum atomic E-state index is 15.2. The van der Waals surface area contributed by atoms with Crippen LogP contribution >= 0.6 is 0 Å². The van der Waals surface area contributed by atoms with Gasteiger partial charge in [-0.2, -0.15) is 0 Å². The molecule has 0 aliphatic carbocycles. The van der Waals surface area contributed by atoms with Gasteiger partial charge in [-0.3, -0.25) is 14.8 Å². The highest BCUT2D eigenvalue weighted by Gasteiger charge is 2.28. The average molecular weight is 473 g/mol. The van der Waals surface area contributed by atoms with Gasteiger partial charge in [-0.1, -0.05) is 0 Å². The van der Waals surface area contributed by atoms with Crippen molar-refractivity contribution in [1.82, 2.24) is 14.8 Å². The van der Waals surface area contributed by atoms with E-state index in [2.05, 4.69) is 32.2 Å². The van der Waals surface area contributed by atoms with Crippen LogP contribution < -0.4 is 20.8 Å². The van der Waals surface area contributed by atoms with Crippen LogP contribution in [0, 0.1) is 5.82 Å². The number of aromatic carboxylic acids is 1. The van der Waals surface area contributed by atoms with Crippen LogP contribution in [-0.4, -0.2) is 80.4 Å². The van der Waals surface area contributed by atoms with Crippen molar-refractivity contribution in [3.05, 3.63) is 45.8 Å². The first-order valence-corrected chi connectivity index (χ1v) is 10.8. The molecule has 0 amide bonds. The monoisotopic (exact) mass is 472 g/mol. The number of halogens is 1. The SMILES string of the molecule is C=N/C=C(\C=NCCN(C)CCNC)Nc1c(F)cc2c(=O)c(C(=O)O)cn3c2c1OC[C@@H]3C. The summed E-state index contributed by atoms with van der Waals surface area (Å²) in [7, 11) is 3.89. The molecule has 1 aromatic carbocycles. The van der Waals surface area contributed by atoms with Gasteiger partial charge in [0.25, 0.3) is 0 Å². The van der Waals surface area contributed by atoms with E-state index in [0.29, 0.717) is 17.8 Å². The van der Waals surface area contributed by atoms with E-state index < -0.39 is 22.8 Å². The molecule has 0 fully saturated rings. The van der Waals surface area contributed by atoms with Crippen LogP contribution in [0.5, 0.6) is 5.75 Å². The molecule has 1 aromatic heterocycles. The first kappa shape index (κ1) is 25.1. The van der Waals surface area contributed by atoms with Crippen molar-refractivity contribution in [2.45, 2.75) is 13.0 Å². The highest BCUT2D eigenvalue weighted by molar-refractivity contribution is 5.98. The van der Waals surface area contributed by atoms with Gasteiger partial charge in [0.1, 0.15) is 17.9 Å². The number of pyridine rings is 1. The molecule has 0 saturated carbocycles. The average Bonchev–Trinajstić information content (AvgIpc) is 2.80. The Balaban J connectivity index is 1.96. The summed E-state index contributed by atoms with van der Waals surface area (Å²) < 4.78 is 22.6. The van der Waals surface area contributed by atoms with Gasteiger partial charge in [0.2, 0.25) is 5.43 Å². The Morgan fingerprint density at radius 1 is 1.47 bits per heavy atom. The summed E-state index contributed by atoms with van der Waals surface area (Å²) in [4.78, 5) is 34.5. The second-order valence-electron chi connectivity index (χ2n) is 8.04. The zero-order valence-electron chi connectivity index (χ0n) is 19.5. The van der Waals surface area contributed by atoms with E-state index in [1.165, 1.54) is 18.6 Å². The van der Waals surface area contributed by atoms with E-state index >= 15 is 4.39 Å². The Labute approximate surface area is 196 Å². The third-order valence-corrected chi connectivity index (χ3v) is 5.48. The fraction of sp³-hybridized carbons (Fsp3) is 0.391. The van der Waals surface area contributed by atoms with Gasteiger partial charge < -0.3 is 29.9 Å². The number of rotatable bonds is 11. The van der Waals surface area contributed by atoms with Crippen LogP contribution in [0.3, 0.4) is 0 Å². The first-order valence-electron chi connectivity index (χ1n) is 10.8. The third-order valence-electron chi connectivity index (χ3n) is 5.48. The van der Waals surface area contributed by atoms with Gasteiger partial charge in [-0.05, 0) is 33.8 Å². The summed E-state index contributed by atoms with van der Waals surface area (Å²) in [5.41, 5.74) is -0.485. The third kappa shape index (κ3) is 5.32. The lowest BCUT2D eigenvalue weighted by Gasteiger charge is -2.28. The predicted octanol–water partition coefficient (Wildman–Crippen LogP) is 1.97. The molecule has 34 heavy (non-hydrogen) atoms. The fourth-order valence-electron chi connectivity index (χ4n) is 3.64. The number of ether oxygens (including phenoxy) is 1. The Morgan fingerprint density at radius 3 is 2.91 bits per heavy atom. The number of hydrogen-bond donors (Lipinski definition) is 3. The Kier molecular flexibility index (Phi) is 8.13. The van der Waals surface area contributed by atoms with Crippen molar-refractivity contribution >= 4 is 35.5 Å². The molecule has 3 N–H and O–H groups in total. The topological polar surface area (TPSA) is 121 Å². The van der Waals surface area contributed by atoms with E-state index in [-0.39, 0.29) is 29.5 Å². The quantitative estimate of drug-likeness (QED) is 0.428. The number of nitrogens with one attached hydrogen (secondary N) is 2. The second-order valence-corrected chi connectivity index (χ2v) is 8.04. The number of nitrogens with zero attached hydrogens (tertiary/aromatic N) is 4. The number of allylic oxidation sites excluding steroid dienone is 1. The molecule has 0 saturated heterocycles. The van der Waals surface area contributed by atoms with E-state index in [1.807, 2.05) is 21.0 Å². The Morgan fingerprint density at radius 2 is 2.24 bits per heavy atom. The smallest absolute Gasteiger partial charge is 0.341 e. The molecular weight excluding hydrogens is 443 g/mol. The largest absolute Gasteiger partial charge is 0.487 e. The molecule has 11 heteroatoms. The summed E-state index contributed by atoms with van der Waals surface area (Å²) >= 11 is 0. The molecular formula is C23H29FN6O4. The van der Waals surface area contributed by atoms with Crippen molar-refractivity contribution < 1.29 is 19.0 Å². The van der Waals surface area contributed by atoms with Crippen LogP contribution in [0.25, 0.3) is 10.9 Å². The lowest BCUT2D eigenvalue weighted by atomic mass is 10.1. The normalized spacial score (nSPS) is 15.7. The maximum absolute atomic E-state index is 15.2. The number of anilines is 1. The summed E-state index contributed by atoms with van der Waals surface area (Å²) in [6.45, 7) is 8.46. The van der Waals surface area contributed by atoms with Crippen LogP contribution in [0.2, 0.25) is 0 Å².